The van der Waals surface area contributed by atoms with E-state index in [0.717, 1.165) is 0 Å². The number of amides is 1. The quantitative estimate of drug-likeness (QED) is 0.824. The number of carbonyl (C=O) groups is 2. The van der Waals surface area contributed by atoms with Gasteiger partial charge in [0.1, 0.15) is 5.75 Å². The van der Waals surface area contributed by atoms with Gasteiger partial charge in [-0.2, -0.15) is 0 Å². The highest BCUT2D eigenvalue weighted by Crippen LogP contribution is 2.19. The second kappa shape index (κ2) is 5.74. The van der Waals surface area contributed by atoms with Gasteiger partial charge in [-0.3, -0.25) is 0 Å². The molecule has 1 aromatic rings. The van der Waals surface area contributed by atoms with Gasteiger partial charge in [-0.1, -0.05) is 12.1 Å². The van der Waals surface area contributed by atoms with Crippen LogP contribution in [0.5, 0.6) is 5.75 Å². The molecule has 1 rings (SSSR count). The Balaban J connectivity index is 2.96. The predicted molar refractivity (Wildman–Crippen MR) is 58.9 cm³/mol. The van der Waals surface area contributed by atoms with Gasteiger partial charge in [-0.15, -0.1) is 0 Å². The van der Waals surface area contributed by atoms with E-state index in [1.807, 2.05) is 0 Å². The average Bonchev–Trinajstić information content (AvgIpc) is 2.35. The topological polar surface area (TPSA) is 84.9 Å². The molecule has 0 saturated carbocycles. The van der Waals surface area contributed by atoms with Crippen molar-refractivity contribution in [1.82, 2.24) is 5.32 Å². The first-order chi connectivity index (χ1) is 8.08. The van der Waals surface area contributed by atoms with Crippen LogP contribution in [0.1, 0.15) is 11.6 Å². The van der Waals surface area contributed by atoms with E-state index in [2.05, 4.69) is 10.1 Å². The van der Waals surface area contributed by atoms with Crippen molar-refractivity contribution in [2.24, 2.45) is 0 Å². The predicted octanol–water partition coefficient (Wildman–Crippen LogP) is 1.18. The number of carbonyl (C=O) groups excluding carboxylic acids is 1. The van der Waals surface area contributed by atoms with Crippen LogP contribution in [0, 0.1) is 0 Å². The summed E-state index contributed by atoms with van der Waals surface area (Å²) >= 11 is 0. The smallest absolute Gasteiger partial charge is 0.407 e. The van der Waals surface area contributed by atoms with E-state index in [1.165, 1.54) is 20.3 Å². The molecule has 1 atom stereocenters. The van der Waals surface area contributed by atoms with Gasteiger partial charge in [0.15, 0.2) is 6.04 Å². The minimum Gasteiger partial charge on any atom is -0.497 e. The van der Waals surface area contributed by atoms with Crippen molar-refractivity contribution in [2.75, 3.05) is 14.2 Å². The Morgan fingerprint density at radius 2 is 2.06 bits per heavy atom. The highest BCUT2D eigenvalue weighted by molar-refractivity contribution is 5.81. The Bertz CT molecular complexity index is 418. The molecule has 0 aliphatic rings. The lowest BCUT2D eigenvalue weighted by molar-refractivity contribution is -0.139. The van der Waals surface area contributed by atoms with E-state index in [-0.39, 0.29) is 0 Å². The number of benzene rings is 1. The molecule has 1 amide bonds. The van der Waals surface area contributed by atoms with E-state index in [1.54, 1.807) is 18.2 Å². The highest BCUT2D eigenvalue weighted by atomic mass is 16.5. The van der Waals surface area contributed by atoms with Crippen LogP contribution >= 0.6 is 0 Å². The van der Waals surface area contributed by atoms with Crippen molar-refractivity contribution < 1.29 is 24.2 Å². The molecule has 0 spiro atoms. The van der Waals surface area contributed by atoms with E-state index in [0.29, 0.717) is 11.3 Å². The van der Waals surface area contributed by atoms with E-state index in [4.69, 9.17) is 9.84 Å². The third-order valence-electron chi connectivity index (χ3n) is 2.12. The summed E-state index contributed by atoms with van der Waals surface area (Å²) in [4.78, 5) is 22.1. The van der Waals surface area contributed by atoms with E-state index < -0.39 is 18.1 Å². The number of hydrogen-bond acceptors (Lipinski definition) is 4. The molecule has 0 aliphatic carbocycles. The number of hydrogen-bond donors (Lipinski definition) is 2. The lowest BCUT2D eigenvalue weighted by Gasteiger charge is -2.14. The largest absolute Gasteiger partial charge is 0.497 e. The average molecular weight is 239 g/mol. The fraction of sp³-hybridized carbons (Fsp3) is 0.273. The monoisotopic (exact) mass is 239 g/mol. The van der Waals surface area contributed by atoms with Crippen molar-refractivity contribution in [3.63, 3.8) is 0 Å². The van der Waals surface area contributed by atoms with E-state index >= 15 is 0 Å². The summed E-state index contributed by atoms with van der Waals surface area (Å²) in [6.07, 6.45) is -0.805. The molecule has 6 nitrogen and oxygen atoms in total. The summed E-state index contributed by atoms with van der Waals surface area (Å²) in [5, 5.41) is 11.2. The van der Waals surface area contributed by atoms with Crippen molar-refractivity contribution in [3.8, 4) is 5.75 Å². The fourth-order valence-corrected chi connectivity index (χ4v) is 1.29. The summed E-state index contributed by atoms with van der Waals surface area (Å²) in [6.45, 7) is 0. The van der Waals surface area contributed by atoms with Crippen LogP contribution in [0.2, 0.25) is 0 Å². The SMILES string of the molecule is COC(=O)N[C@H](C(=O)O)c1cccc(OC)c1. The zero-order valence-corrected chi connectivity index (χ0v) is 9.47. The highest BCUT2D eigenvalue weighted by Gasteiger charge is 2.22. The lowest BCUT2D eigenvalue weighted by Crippen LogP contribution is -2.33. The second-order valence-corrected chi connectivity index (χ2v) is 3.18. The first-order valence-electron chi connectivity index (χ1n) is 4.79. The normalized spacial score (nSPS) is 11.4. The maximum absolute atomic E-state index is 11.0. The van der Waals surface area contributed by atoms with Gasteiger partial charge in [0.25, 0.3) is 0 Å². The third-order valence-corrected chi connectivity index (χ3v) is 2.12. The maximum atomic E-state index is 11.0. The van der Waals surface area contributed by atoms with Crippen LogP contribution in [0.25, 0.3) is 0 Å². The first kappa shape index (κ1) is 12.8. The Hall–Kier alpha value is -2.24. The van der Waals surface area contributed by atoms with Crippen molar-refractivity contribution in [2.45, 2.75) is 6.04 Å². The third kappa shape index (κ3) is 3.37. The molecule has 17 heavy (non-hydrogen) atoms. The number of ether oxygens (including phenoxy) is 2. The van der Waals surface area contributed by atoms with Crippen molar-refractivity contribution >= 4 is 12.1 Å². The van der Waals surface area contributed by atoms with Crippen molar-refractivity contribution in [3.05, 3.63) is 29.8 Å². The molecule has 0 saturated heterocycles. The summed E-state index contributed by atoms with van der Waals surface area (Å²) in [7, 11) is 2.64. The molecule has 0 aliphatic heterocycles. The van der Waals surface area contributed by atoms with Crippen LogP contribution in [0.15, 0.2) is 24.3 Å². The minimum absolute atomic E-state index is 0.405. The molecule has 0 unspecified atom stereocenters. The fourth-order valence-electron chi connectivity index (χ4n) is 1.29. The zero-order valence-electron chi connectivity index (χ0n) is 9.47. The number of carboxylic acids is 1. The zero-order chi connectivity index (χ0) is 12.8. The number of alkyl carbamates (subject to hydrolysis) is 1. The number of aliphatic carboxylic acids is 1. The van der Waals surface area contributed by atoms with Crippen LogP contribution in [-0.2, 0) is 9.53 Å². The van der Waals surface area contributed by atoms with Gasteiger partial charge in [0.2, 0.25) is 0 Å². The van der Waals surface area contributed by atoms with E-state index in [9.17, 15) is 9.59 Å². The molecular weight excluding hydrogens is 226 g/mol. The molecule has 6 heteroatoms. The summed E-state index contributed by atoms with van der Waals surface area (Å²) in [6, 6.07) is 5.27. The molecule has 2 N–H and O–H groups in total. The Morgan fingerprint density at radius 1 is 1.35 bits per heavy atom. The van der Waals surface area contributed by atoms with Gasteiger partial charge in [-0.25, -0.2) is 9.59 Å². The van der Waals surface area contributed by atoms with Crippen LogP contribution in [0.4, 0.5) is 4.79 Å². The molecule has 0 heterocycles. The number of methoxy groups -OCH3 is 2. The molecule has 92 valence electrons. The van der Waals surface area contributed by atoms with Gasteiger partial charge < -0.3 is 19.9 Å². The molecule has 0 radical (unpaired) electrons. The van der Waals surface area contributed by atoms with Gasteiger partial charge in [0, 0.05) is 0 Å². The molecular formula is C11H13NO5. The van der Waals surface area contributed by atoms with Crippen LogP contribution in [0.3, 0.4) is 0 Å². The Kier molecular flexibility index (Phi) is 4.33. The standard InChI is InChI=1S/C11H13NO5/c1-16-8-5-3-4-7(6-8)9(10(13)14)12-11(15)17-2/h3-6,9H,1-2H3,(H,12,15)(H,13,14)/t9-/m0/s1. The first-order valence-corrected chi connectivity index (χ1v) is 4.79. The second-order valence-electron chi connectivity index (χ2n) is 3.18. The van der Waals surface area contributed by atoms with Crippen LogP contribution < -0.4 is 10.1 Å². The van der Waals surface area contributed by atoms with Crippen LogP contribution in [-0.4, -0.2) is 31.4 Å². The minimum atomic E-state index is -1.18. The molecule has 0 fully saturated rings. The molecule has 0 bridgehead atoms. The number of rotatable bonds is 4. The van der Waals surface area contributed by atoms with Gasteiger partial charge >= 0.3 is 12.1 Å². The summed E-state index contributed by atoms with van der Waals surface area (Å²) in [5.41, 5.74) is 0.405. The number of carboxylic acid groups (broad SMARTS) is 1. The lowest BCUT2D eigenvalue weighted by atomic mass is 10.1. The Labute approximate surface area is 98.2 Å². The summed E-state index contributed by atoms with van der Waals surface area (Å²) in [5.74, 6) is -0.663. The van der Waals surface area contributed by atoms with Gasteiger partial charge in [-0.05, 0) is 17.7 Å². The molecule has 0 aromatic heterocycles. The Morgan fingerprint density at radius 3 is 2.59 bits per heavy atom. The van der Waals surface area contributed by atoms with Crippen molar-refractivity contribution in [1.29, 1.82) is 0 Å². The maximum Gasteiger partial charge on any atom is 0.407 e. The number of nitrogens with one attached hydrogen (secondary N) is 1. The molecule has 1 aromatic carbocycles. The van der Waals surface area contributed by atoms with Gasteiger partial charge in [0.05, 0.1) is 14.2 Å². The summed E-state index contributed by atoms with van der Waals surface area (Å²) < 4.78 is 9.34.